The number of nitrogens with zero attached hydrogens (tertiary/aromatic N) is 6. The minimum Gasteiger partial charge on any atom is -0.461 e. The van der Waals surface area contributed by atoms with E-state index in [2.05, 4.69) is 87.2 Å². The lowest BCUT2D eigenvalue weighted by molar-refractivity contribution is 0.0519. The van der Waals surface area contributed by atoms with Crippen molar-refractivity contribution < 1.29 is 18.7 Å². The zero-order valence-electron chi connectivity index (χ0n) is 32.5. The molecule has 4 aromatic rings. The van der Waals surface area contributed by atoms with Gasteiger partial charge in [0.15, 0.2) is 35.6 Å². The van der Waals surface area contributed by atoms with Gasteiger partial charge in [0.05, 0.1) is 16.8 Å². The maximum absolute atomic E-state index is 13.2. The van der Waals surface area contributed by atoms with Crippen LogP contribution in [0.5, 0.6) is 0 Å². The number of carbonyl (C=O) groups is 1. The van der Waals surface area contributed by atoms with Crippen molar-refractivity contribution in [2.75, 3.05) is 31.3 Å². The Morgan fingerprint density at radius 1 is 1.06 bits per heavy atom. The van der Waals surface area contributed by atoms with Gasteiger partial charge in [0, 0.05) is 43.8 Å². The van der Waals surface area contributed by atoms with Crippen molar-refractivity contribution in [3.05, 3.63) is 50.8 Å². The summed E-state index contributed by atoms with van der Waals surface area (Å²) in [6.45, 7) is 23.2. The molecule has 2 aliphatic rings. The summed E-state index contributed by atoms with van der Waals surface area (Å²) in [5.41, 5.74) is 3.94. The van der Waals surface area contributed by atoms with Gasteiger partial charge in [-0.3, -0.25) is 4.57 Å². The van der Waals surface area contributed by atoms with Gasteiger partial charge in [0.1, 0.15) is 6.73 Å². The van der Waals surface area contributed by atoms with Crippen molar-refractivity contribution in [2.45, 2.75) is 123 Å². The smallest absolute Gasteiger partial charge is 0.358 e. The number of carbonyl (C=O) groups excluding carboxylic acids is 1. The number of benzene rings is 1. The highest BCUT2D eigenvalue weighted by molar-refractivity contribution is 7.16. The molecule has 10 nitrogen and oxygen atoms in total. The number of esters is 1. The molecule has 1 aliphatic heterocycles. The summed E-state index contributed by atoms with van der Waals surface area (Å²) in [6.07, 6.45) is 5.63. The van der Waals surface area contributed by atoms with E-state index in [-0.39, 0.29) is 11.0 Å². The molecule has 1 aromatic carbocycles. The number of ether oxygens (including phenoxy) is 2. The van der Waals surface area contributed by atoms with Gasteiger partial charge in [-0.2, -0.15) is 4.99 Å². The van der Waals surface area contributed by atoms with E-state index in [9.17, 15) is 4.79 Å². The Morgan fingerprint density at radius 3 is 2.54 bits per heavy atom. The van der Waals surface area contributed by atoms with Crippen molar-refractivity contribution in [1.29, 1.82) is 0 Å². The van der Waals surface area contributed by atoms with Crippen LogP contribution in [0.15, 0.2) is 29.3 Å². The number of thiazole rings is 2. The number of aromatic nitrogens is 4. The SMILES string of the molecule is CCOC(=O)c1nc(N2CCCc3c2nnc(N=c2sc4ccccc4n2COCC[Si](C)(C)C)c3C2CC2)sc1CCCO[Si](C)(C)C(C)(C)C. The molecule has 52 heavy (non-hydrogen) atoms. The lowest BCUT2D eigenvalue weighted by Gasteiger charge is -2.36. The van der Waals surface area contributed by atoms with Gasteiger partial charge >= 0.3 is 5.97 Å². The fourth-order valence-corrected chi connectivity index (χ4v) is 10.1. The Hall–Kier alpha value is -2.76. The van der Waals surface area contributed by atoms with Crippen LogP contribution in [0.4, 0.5) is 16.8 Å². The molecule has 1 aliphatic carbocycles. The highest BCUT2D eigenvalue weighted by Gasteiger charge is 2.38. The summed E-state index contributed by atoms with van der Waals surface area (Å²) in [6, 6.07) is 9.54. The fraction of sp³-hybridized carbons (Fsp3) is 0.605. The zero-order valence-corrected chi connectivity index (χ0v) is 36.1. The molecule has 0 bridgehead atoms. The number of para-hydroxylation sites is 1. The topological polar surface area (TPSA) is 104 Å². The number of fused-ring (bicyclic) bond motifs is 2. The highest BCUT2D eigenvalue weighted by Crippen LogP contribution is 2.49. The van der Waals surface area contributed by atoms with Crippen molar-refractivity contribution in [2.24, 2.45) is 4.99 Å². The van der Waals surface area contributed by atoms with E-state index < -0.39 is 16.4 Å². The molecule has 1 fully saturated rings. The predicted octanol–water partition coefficient (Wildman–Crippen LogP) is 9.59. The van der Waals surface area contributed by atoms with Crippen molar-refractivity contribution in [3.8, 4) is 0 Å². The van der Waals surface area contributed by atoms with Crippen LogP contribution in [-0.2, 0) is 33.5 Å². The van der Waals surface area contributed by atoms with Gasteiger partial charge in [-0.05, 0) is 87.7 Å². The van der Waals surface area contributed by atoms with E-state index >= 15 is 0 Å². The molecular weight excluding hydrogens is 725 g/mol. The molecule has 0 radical (unpaired) electrons. The van der Waals surface area contributed by atoms with E-state index in [4.69, 9.17) is 34.1 Å². The molecule has 1 saturated carbocycles. The van der Waals surface area contributed by atoms with Crippen LogP contribution in [0, 0.1) is 0 Å². The maximum atomic E-state index is 13.2. The number of hydrogen-bond donors (Lipinski definition) is 0. The second-order valence-corrected chi connectivity index (χ2v) is 29.2. The van der Waals surface area contributed by atoms with Crippen molar-refractivity contribution in [3.63, 3.8) is 0 Å². The summed E-state index contributed by atoms with van der Waals surface area (Å²) in [4.78, 5) is 27.3. The van der Waals surface area contributed by atoms with Crippen LogP contribution >= 0.6 is 22.7 Å². The third kappa shape index (κ3) is 8.95. The Bertz CT molecular complexity index is 1950. The van der Waals surface area contributed by atoms with E-state index in [0.717, 1.165) is 77.4 Å². The first-order valence-electron chi connectivity index (χ1n) is 18.9. The maximum Gasteiger partial charge on any atom is 0.358 e. The van der Waals surface area contributed by atoms with Crippen LogP contribution in [0.1, 0.15) is 85.8 Å². The quantitative estimate of drug-likeness (QED) is 0.0668. The normalized spacial score (nSPS) is 15.8. The van der Waals surface area contributed by atoms with Gasteiger partial charge in [-0.25, -0.2) is 9.78 Å². The molecule has 4 heterocycles. The molecular formula is C38H56N6O4S2Si2. The number of hydrogen-bond acceptors (Lipinski definition) is 11. The number of anilines is 2. The minimum absolute atomic E-state index is 0.149. The van der Waals surface area contributed by atoms with Gasteiger partial charge < -0.3 is 18.8 Å². The van der Waals surface area contributed by atoms with Gasteiger partial charge in [-0.1, -0.05) is 63.9 Å². The Morgan fingerprint density at radius 2 is 1.83 bits per heavy atom. The molecule has 282 valence electrons. The summed E-state index contributed by atoms with van der Waals surface area (Å²) >= 11 is 3.23. The van der Waals surface area contributed by atoms with Gasteiger partial charge in [-0.15, -0.1) is 21.5 Å². The Balaban J connectivity index is 1.31. The lowest BCUT2D eigenvalue weighted by atomic mass is 9.97. The second-order valence-electron chi connectivity index (χ2n) is 16.7. The number of rotatable bonds is 15. The summed E-state index contributed by atoms with van der Waals surface area (Å²) in [5, 5.41) is 10.6. The highest BCUT2D eigenvalue weighted by atomic mass is 32.1. The van der Waals surface area contributed by atoms with E-state index in [1.54, 1.807) is 22.7 Å². The molecule has 0 atom stereocenters. The van der Waals surface area contributed by atoms with Crippen LogP contribution in [-0.4, -0.2) is 68.5 Å². The summed E-state index contributed by atoms with van der Waals surface area (Å²) in [5.74, 6) is 1.59. The third-order valence-corrected chi connectivity index (χ3v) is 18.8. The molecule has 0 unspecified atom stereocenters. The van der Waals surface area contributed by atoms with E-state index in [1.807, 2.05) is 6.92 Å². The molecule has 0 saturated heterocycles. The van der Waals surface area contributed by atoms with E-state index in [1.165, 1.54) is 15.8 Å². The van der Waals surface area contributed by atoms with E-state index in [0.29, 0.717) is 43.8 Å². The Labute approximate surface area is 318 Å². The second kappa shape index (κ2) is 15.9. The van der Waals surface area contributed by atoms with Gasteiger partial charge in [0.2, 0.25) is 0 Å². The first-order chi connectivity index (χ1) is 24.7. The molecule has 14 heteroatoms. The minimum atomic E-state index is -1.86. The number of aryl methyl sites for hydroxylation is 1. The van der Waals surface area contributed by atoms with Crippen LogP contribution in [0.3, 0.4) is 0 Å². The lowest BCUT2D eigenvalue weighted by Crippen LogP contribution is -2.41. The first kappa shape index (κ1) is 39.0. The van der Waals surface area contributed by atoms with Crippen molar-refractivity contribution >= 4 is 72.0 Å². The first-order valence-corrected chi connectivity index (χ1v) is 27.1. The monoisotopic (exact) mass is 780 g/mol. The fourth-order valence-electron chi connectivity index (χ4n) is 6.13. The molecule has 3 aromatic heterocycles. The summed E-state index contributed by atoms with van der Waals surface area (Å²) < 4.78 is 21.5. The standard InChI is InChI=1S/C38H56N6O4S2Si2/c1-10-47-35(45)32-30(18-14-22-48-52(8,9)38(2,3)4)50-36(39-32)43-21-13-15-27-31(26-19-20-26)33(41-42-34(27)43)40-37-44(25-46-23-24-51(5,6)7)28-16-11-12-17-29(28)49-37/h11-12,16-17,26H,10,13-15,18-25H2,1-9H3. The molecule has 6 rings (SSSR count). The summed E-state index contributed by atoms with van der Waals surface area (Å²) in [7, 11) is -3.06. The third-order valence-electron chi connectivity index (χ3n) is 10.3. The average Bonchev–Trinajstić information content (AvgIpc) is 3.73. The van der Waals surface area contributed by atoms with Crippen LogP contribution in [0.2, 0.25) is 43.8 Å². The average molecular weight is 781 g/mol. The Kier molecular flexibility index (Phi) is 11.9. The molecule has 0 spiro atoms. The predicted molar refractivity (Wildman–Crippen MR) is 218 cm³/mol. The molecule has 0 amide bonds. The van der Waals surface area contributed by atoms with Crippen LogP contribution in [0.25, 0.3) is 10.2 Å². The largest absolute Gasteiger partial charge is 0.461 e. The van der Waals surface area contributed by atoms with Crippen molar-refractivity contribution in [1.82, 2.24) is 19.7 Å². The van der Waals surface area contributed by atoms with Gasteiger partial charge in [0.25, 0.3) is 0 Å². The molecule has 0 N–H and O–H groups in total. The van der Waals surface area contributed by atoms with Crippen LogP contribution < -0.4 is 9.70 Å². The zero-order chi connectivity index (χ0) is 37.3.